The first-order valence-corrected chi connectivity index (χ1v) is 14.9. The van der Waals surface area contributed by atoms with Gasteiger partial charge >= 0.3 is 6.18 Å². The van der Waals surface area contributed by atoms with Gasteiger partial charge in [0.2, 0.25) is 11.8 Å². The fraction of sp³-hybridized carbons (Fsp3) is 0.562. The summed E-state index contributed by atoms with van der Waals surface area (Å²) in [5, 5.41) is 3.60. The maximum absolute atomic E-state index is 15.1. The van der Waals surface area contributed by atoms with Crippen molar-refractivity contribution < 1.29 is 27.2 Å². The third kappa shape index (κ3) is 7.10. The minimum atomic E-state index is -4.64. The highest BCUT2D eigenvalue weighted by atomic mass is 35.5. The number of rotatable bonds is 6. The lowest BCUT2D eigenvalue weighted by atomic mass is 9.83. The SMILES string of the molecule is CC[C@H](NC(C)=O)c1cc(Cl)ccc1C1CCN(C(=O)[C@@H]2CN(C(C)(C)C)C[C@H]2c2ccc(C(F)(F)F)cc2F)CC1. The van der Waals surface area contributed by atoms with Gasteiger partial charge in [-0.2, -0.15) is 13.2 Å². The lowest BCUT2D eigenvalue weighted by Crippen LogP contribution is -2.44. The zero-order valence-corrected chi connectivity index (χ0v) is 25.6. The van der Waals surface area contributed by atoms with Crippen LogP contribution in [0.3, 0.4) is 0 Å². The fourth-order valence-electron chi connectivity index (χ4n) is 6.43. The van der Waals surface area contributed by atoms with Crippen molar-refractivity contribution in [3.63, 3.8) is 0 Å². The Labute approximate surface area is 250 Å². The number of hydrogen-bond acceptors (Lipinski definition) is 3. The fourth-order valence-corrected chi connectivity index (χ4v) is 6.61. The largest absolute Gasteiger partial charge is 0.416 e. The predicted octanol–water partition coefficient (Wildman–Crippen LogP) is 7.31. The van der Waals surface area contributed by atoms with Gasteiger partial charge in [0.1, 0.15) is 5.82 Å². The number of carbonyl (C=O) groups excluding carboxylic acids is 2. The molecule has 0 bridgehead atoms. The van der Waals surface area contributed by atoms with E-state index in [0.717, 1.165) is 17.2 Å². The molecule has 2 aromatic rings. The molecule has 0 spiro atoms. The Hall–Kier alpha value is -2.65. The minimum Gasteiger partial charge on any atom is -0.350 e. The average molecular weight is 610 g/mol. The smallest absolute Gasteiger partial charge is 0.350 e. The molecule has 0 radical (unpaired) electrons. The number of likely N-dealkylation sites (tertiary alicyclic amines) is 2. The molecule has 2 amide bonds. The van der Waals surface area contributed by atoms with Crippen molar-refractivity contribution >= 4 is 23.4 Å². The van der Waals surface area contributed by atoms with Crippen LogP contribution in [-0.4, -0.2) is 53.3 Å². The second-order valence-corrected chi connectivity index (χ2v) is 13.0. The van der Waals surface area contributed by atoms with Crippen molar-refractivity contribution in [2.45, 2.75) is 83.5 Å². The van der Waals surface area contributed by atoms with Crippen LogP contribution in [0.2, 0.25) is 5.02 Å². The number of benzene rings is 2. The van der Waals surface area contributed by atoms with E-state index >= 15 is 4.39 Å². The van der Waals surface area contributed by atoms with Gasteiger partial charge in [-0.3, -0.25) is 14.5 Å². The molecule has 3 atom stereocenters. The van der Waals surface area contributed by atoms with Gasteiger partial charge in [0, 0.05) is 49.6 Å². The molecule has 2 fully saturated rings. The molecule has 0 saturated carbocycles. The van der Waals surface area contributed by atoms with Crippen LogP contribution in [0.5, 0.6) is 0 Å². The van der Waals surface area contributed by atoms with Gasteiger partial charge in [-0.15, -0.1) is 0 Å². The molecule has 4 rings (SSSR count). The zero-order chi connectivity index (χ0) is 31.0. The highest BCUT2D eigenvalue weighted by Gasteiger charge is 2.45. The molecule has 2 heterocycles. The van der Waals surface area contributed by atoms with Crippen LogP contribution in [0.25, 0.3) is 0 Å². The van der Waals surface area contributed by atoms with E-state index < -0.39 is 29.4 Å². The van der Waals surface area contributed by atoms with E-state index in [4.69, 9.17) is 11.6 Å². The minimum absolute atomic E-state index is 0.0921. The van der Waals surface area contributed by atoms with Gasteiger partial charge in [0.25, 0.3) is 0 Å². The molecule has 0 unspecified atom stereocenters. The summed E-state index contributed by atoms with van der Waals surface area (Å²) in [6.07, 6.45) is -2.51. The molecule has 10 heteroatoms. The van der Waals surface area contributed by atoms with Gasteiger partial charge in [-0.25, -0.2) is 4.39 Å². The number of carbonyl (C=O) groups is 2. The van der Waals surface area contributed by atoms with E-state index in [2.05, 4.69) is 10.2 Å². The Balaban J connectivity index is 1.54. The quantitative estimate of drug-likeness (QED) is 0.350. The molecule has 5 nitrogen and oxygen atoms in total. The van der Waals surface area contributed by atoms with Crippen molar-refractivity contribution in [2.24, 2.45) is 5.92 Å². The summed E-state index contributed by atoms with van der Waals surface area (Å²) >= 11 is 6.33. The molecular formula is C32H40ClF4N3O2. The molecule has 2 saturated heterocycles. The van der Waals surface area contributed by atoms with Crippen LogP contribution < -0.4 is 5.32 Å². The van der Waals surface area contributed by atoms with Crippen LogP contribution in [0.1, 0.15) is 94.0 Å². The Kier molecular flexibility index (Phi) is 9.62. The first kappa shape index (κ1) is 32.3. The van der Waals surface area contributed by atoms with Crippen LogP contribution >= 0.6 is 11.6 Å². The van der Waals surface area contributed by atoms with Crippen molar-refractivity contribution in [3.05, 3.63) is 69.5 Å². The van der Waals surface area contributed by atoms with E-state index in [0.29, 0.717) is 56.5 Å². The Morgan fingerprint density at radius 1 is 1.02 bits per heavy atom. The van der Waals surface area contributed by atoms with E-state index in [-0.39, 0.29) is 34.9 Å². The van der Waals surface area contributed by atoms with E-state index in [9.17, 15) is 22.8 Å². The molecule has 2 aromatic carbocycles. The molecule has 0 aliphatic carbocycles. The molecule has 2 aliphatic heterocycles. The lowest BCUT2D eigenvalue weighted by Gasteiger charge is -2.36. The van der Waals surface area contributed by atoms with Gasteiger partial charge in [-0.05, 0) is 86.9 Å². The highest BCUT2D eigenvalue weighted by Crippen LogP contribution is 2.41. The summed E-state index contributed by atoms with van der Waals surface area (Å²) < 4.78 is 54.7. The predicted molar refractivity (Wildman–Crippen MR) is 156 cm³/mol. The maximum Gasteiger partial charge on any atom is 0.416 e. The summed E-state index contributed by atoms with van der Waals surface area (Å²) in [6.45, 7) is 11.3. The van der Waals surface area contributed by atoms with Gasteiger partial charge < -0.3 is 10.2 Å². The standard InChI is InChI=1S/C32H40ClF4N3O2/c1-6-29(38-19(2)41)25-16-22(33)8-10-23(25)20-11-13-39(14-12-20)30(42)27-18-40(31(3,4)5)17-26(27)24-9-7-21(15-28(24)34)32(35,36)37/h7-10,15-16,20,26-27,29H,6,11-14,17-18H2,1-5H3,(H,38,41)/t26-,27+,29-/m0/s1. The average Bonchev–Trinajstić information content (AvgIpc) is 3.37. The number of halogens is 5. The summed E-state index contributed by atoms with van der Waals surface area (Å²) in [4.78, 5) is 29.7. The summed E-state index contributed by atoms with van der Waals surface area (Å²) in [5.41, 5.74) is 0.912. The van der Waals surface area contributed by atoms with Crippen LogP contribution in [0.15, 0.2) is 36.4 Å². The molecule has 42 heavy (non-hydrogen) atoms. The van der Waals surface area contributed by atoms with E-state index in [1.54, 1.807) is 0 Å². The number of nitrogens with zero attached hydrogens (tertiary/aromatic N) is 2. The number of alkyl halides is 3. The number of hydrogen-bond donors (Lipinski definition) is 1. The number of amides is 2. The topological polar surface area (TPSA) is 52.7 Å². The Bertz CT molecular complexity index is 1300. The number of nitrogens with one attached hydrogen (secondary N) is 1. The first-order valence-electron chi connectivity index (χ1n) is 14.6. The summed E-state index contributed by atoms with van der Waals surface area (Å²) in [7, 11) is 0. The van der Waals surface area contributed by atoms with Gasteiger partial charge in [0.15, 0.2) is 0 Å². The lowest BCUT2D eigenvalue weighted by molar-refractivity contribution is -0.138. The van der Waals surface area contributed by atoms with Crippen molar-refractivity contribution in [1.29, 1.82) is 0 Å². The highest BCUT2D eigenvalue weighted by molar-refractivity contribution is 6.30. The third-order valence-electron chi connectivity index (χ3n) is 8.77. The normalized spacial score (nSPS) is 21.4. The van der Waals surface area contributed by atoms with Crippen LogP contribution in [0, 0.1) is 11.7 Å². The second kappa shape index (κ2) is 12.5. The monoisotopic (exact) mass is 609 g/mol. The third-order valence-corrected chi connectivity index (χ3v) is 9.00. The molecule has 1 N–H and O–H groups in total. The maximum atomic E-state index is 15.1. The molecule has 2 aliphatic rings. The summed E-state index contributed by atoms with van der Waals surface area (Å²) in [6, 6.07) is 8.23. The Morgan fingerprint density at radius 2 is 1.67 bits per heavy atom. The van der Waals surface area contributed by atoms with Crippen molar-refractivity contribution in [1.82, 2.24) is 15.1 Å². The Morgan fingerprint density at radius 3 is 2.21 bits per heavy atom. The summed E-state index contributed by atoms with van der Waals surface area (Å²) in [5.74, 6) is -2.09. The first-order chi connectivity index (χ1) is 19.6. The van der Waals surface area contributed by atoms with Crippen LogP contribution in [-0.2, 0) is 15.8 Å². The molecule has 230 valence electrons. The van der Waals surface area contributed by atoms with Gasteiger partial charge in [0.05, 0.1) is 17.5 Å². The van der Waals surface area contributed by atoms with Crippen LogP contribution in [0.4, 0.5) is 17.6 Å². The zero-order valence-electron chi connectivity index (χ0n) is 24.8. The van der Waals surface area contributed by atoms with Crippen molar-refractivity contribution in [3.8, 4) is 0 Å². The van der Waals surface area contributed by atoms with Gasteiger partial charge in [-0.1, -0.05) is 30.7 Å². The molecular weight excluding hydrogens is 570 g/mol. The van der Waals surface area contributed by atoms with E-state index in [1.807, 2.05) is 50.8 Å². The molecule has 0 aromatic heterocycles. The number of piperidine rings is 1. The second-order valence-electron chi connectivity index (χ2n) is 12.6. The van der Waals surface area contributed by atoms with E-state index in [1.165, 1.54) is 13.0 Å². The van der Waals surface area contributed by atoms with Crippen molar-refractivity contribution in [2.75, 3.05) is 26.2 Å².